The lowest BCUT2D eigenvalue weighted by Crippen LogP contribution is -2.52. The summed E-state index contributed by atoms with van der Waals surface area (Å²) >= 11 is 0. The molecule has 0 heterocycles. The van der Waals surface area contributed by atoms with E-state index in [1.54, 1.807) is 0 Å². The lowest BCUT2D eigenvalue weighted by Gasteiger charge is -2.60. The van der Waals surface area contributed by atoms with Crippen molar-refractivity contribution in [2.24, 2.45) is 40.4 Å². The molecule has 23 heavy (non-hydrogen) atoms. The number of fused-ring (bicyclic) bond motifs is 5. The van der Waals surface area contributed by atoms with Crippen molar-refractivity contribution >= 4 is 0 Å². The highest BCUT2D eigenvalue weighted by Crippen LogP contribution is 2.67. The third kappa shape index (κ3) is 2.43. The molecule has 4 aliphatic carbocycles. The van der Waals surface area contributed by atoms with Gasteiger partial charge in [0.15, 0.2) is 0 Å². The number of rotatable bonds is 2. The van der Waals surface area contributed by atoms with Crippen LogP contribution < -0.4 is 0 Å². The van der Waals surface area contributed by atoms with Crippen LogP contribution in [0.4, 0.5) is 0 Å². The Labute approximate surface area is 143 Å². The van der Waals surface area contributed by atoms with E-state index < -0.39 is 0 Å². The minimum atomic E-state index is -0.111. The summed E-state index contributed by atoms with van der Waals surface area (Å²) in [5.74, 6) is 4.81. The molecule has 4 rings (SSSR count). The highest BCUT2D eigenvalue weighted by molar-refractivity contribution is 5.08. The Balaban J connectivity index is 1.57. The van der Waals surface area contributed by atoms with Crippen LogP contribution >= 0.6 is 0 Å². The monoisotopic (exact) mass is 318 g/mol. The zero-order valence-electron chi connectivity index (χ0n) is 15.7. The Morgan fingerprint density at radius 3 is 2.43 bits per heavy atom. The molecule has 0 amide bonds. The predicted octanol–water partition coefficient (Wildman–Crippen LogP) is 5.81. The summed E-state index contributed by atoms with van der Waals surface area (Å²) in [6.07, 6.45) is 15.8. The number of hydrogen-bond acceptors (Lipinski definition) is 1. The smallest absolute Gasteiger partial charge is 0.0515 e. The highest BCUT2D eigenvalue weighted by Gasteiger charge is 2.59. The first kappa shape index (κ1) is 16.4. The summed E-state index contributed by atoms with van der Waals surface area (Å²) in [5, 5.41) is 9.95. The van der Waals surface area contributed by atoms with Gasteiger partial charge in [0.05, 0.1) is 6.10 Å². The van der Waals surface area contributed by atoms with E-state index in [-0.39, 0.29) is 6.10 Å². The lowest BCUT2D eigenvalue weighted by molar-refractivity contribution is -0.112. The van der Waals surface area contributed by atoms with Gasteiger partial charge in [-0.3, -0.25) is 0 Å². The van der Waals surface area contributed by atoms with Gasteiger partial charge < -0.3 is 5.11 Å². The summed E-state index contributed by atoms with van der Waals surface area (Å²) in [5.41, 5.74) is 1.21. The summed E-state index contributed by atoms with van der Waals surface area (Å²) in [4.78, 5) is 0. The van der Waals surface area contributed by atoms with Crippen LogP contribution in [0.15, 0.2) is 0 Å². The second kappa shape index (κ2) is 5.75. The molecule has 0 aliphatic heterocycles. The average Bonchev–Trinajstić information content (AvgIpc) is 2.83. The molecule has 0 aromatic carbocycles. The number of aliphatic hydroxyl groups is 1. The second-order valence-electron chi connectivity index (χ2n) is 10.3. The minimum Gasteiger partial charge on any atom is -0.393 e. The van der Waals surface area contributed by atoms with Crippen LogP contribution in [0.1, 0.15) is 91.4 Å². The fourth-order valence-electron chi connectivity index (χ4n) is 8.20. The van der Waals surface area contributed by atoms with Crippen LogP contribution in [0.25, 0.3) is 0 Å². The van der Waals surface area contributed by atoms with Gasteiger partial charge in [0.25, 0.3) is 0 Å². The van der Waals surface area contributed by atoms with E-state index in [1.807, 2.05) is 6.92 Å². The average molecular weight is 319 g/mol. The Hall–Kier alpha value is -0.0400. The van der Waals surface area contributed by atoms with Crippen LogP contribution in [0.3, 0.4) is 0 Å². The molecule has 8 atom stereocenters. The molecule has 0 bridgehead atoms. The van der Waals surface area contributed by atoms with E-state index in [2.05, 4.69) is 13.8 Å². The van der Waals surface area contributed by atoms with E-state index >= 15 is 0 Å². The molecule has 1 heteroatoms. The van der Waals surface area contributed by atoms with Gasteiger partial charge in [-0.05, 0) is 105 Å². The summed E-state index contributed by atoms with van der Waals surface area (Å²) in [6, 6.07) is 0. The molecule has 1 N–H and O–H groups in total. The SMILES string of the molecule is CC(O)C[C@H]1CC[C@H]2[C@@H]3CCC4CCCC[C@]4(C)[C@H]3CC[C@]12C. The summed E-state index contributed by atoms with van der Waals surface area (Å²) in [6.45, 7) is 7.28. The van der Waals surface area contributed by atoms with Gasteiger partial charge in [0.2, 0.25) is 0 Å². The zero-order chi connectivity index (χ0) is 16.2. The van der Waals surface area contributed by atoms with Crippen LogP contribution in [-0.2, 0) is 0 Å². The molecule has 4 aliphatic rings. The van der Waals surface area contributed by atoms with Crippen molar-refractivity contribution in [2.45, 2.75) is 97.5 Å². The molecule has 4 fully saturated rings. The van der Waals surface area contributed by atoms with Crippen molar-refractivity contribution in [3.63, 3.8) is 0 Å². The van der Waals surface area contributed by atoms with Gasteiger partial charge in [0, 0.05) is 0 Å². The van der Waals surface area contributed by atoms with Crippen molar-refractivity contribution in [2.75, 3.05) is 0 Å². The second-order valence-corrected chi connectivity index (χ2v) is 10.3. The van der Waals surface area contributed by atoms with Gasteiger partial charge in [-0.25, -0.2) is 0 Å². The maximum absolute atomic E-state index is 9.95. The van der Waals surface area contributed by atoms with Crippen LogP contribution in [0.2, 0.25) is 0 Å². The van der Waals surface area contributed by atoms with Gasteiger partial charge >= 0.3 is 0 Å². The molecular formula is C22H38O. The molecule has 0 aromatic rings. The fraction of sp³-hybridized carbons (Fsp3) is 1.00. The van der Waals surface area contributed by atoms with Gasteiger partial charge in [-0.15, -0.1) is 0 Å². The van der Waals surface area contributed by atoms with Gasteiger partial charge in [-0.2, -0.15) is 0 Å². The van der Waals surface area contributed by atoms with Crippen LogP contribution in [0.5, 0.6) is 0 Å². The minimum absolute atomic E-state index is 0.111. The Bertz CT molecular complexity index is 443. The van der Waals surface area contributed by atoms with Crippen molar-refractivity contribution in [1.29, 1.82) is 0 Å². The van der Waals surface area contributed by atoms with Crippen molar-refractivity contribution in [3.05, 3.63) is 0 Å². The van der Waals surface area contributed by atoms with Gasteiger partial charge in [-0.1, -0.05) is 26.7 Å². The molecule has 0 saturated heterocycles. The molecule has 0 radical (unpaired) electrons. The fourth-order valence-corrected chi connectivity index (χ4v) is 8.20. The molecule has 0 spiro atoms. The summed E-state index contributed by atoms with van der Waals surface area (Å²) < 4.78 is 0. The van der Waals surface area contributed by atoms with Gasteiger partial charge in [0.1, 0.15) is 0 Å². The summed E-state index contributed by atoms with van der Waals surface area (Å²) in [7, 11) is 0. The lowest BCUT2D eigenvalue weighted by atomic mass is 9.45. The topological polar surface area (TPSA) is 20.2 Å². The zero-order valence-corrected chi connectivity index (χ0v) is 15.7. The van der Waals surface area contributed by atoms with E-state index in [0.29, 0.717) is 10.8 Å². The molecule has 1 nitrogen and oxygen atoms in total. The maximum Gasteiger partial charge on any atom is 0.0515 e. The van der Waals surface area contributed by atoms with E-state index in [4.69, 9.17) is 0 Å². The molecular weight excluding hydrogens is 280 g/mol. The Morgan fingerprint density at radius 1 is 0.870 bits per heavy atom. The maximum atomic E-state index is 9.95. The first-order valence-corrected chi connectivity index (χ1v) is 10.6. The molecule has 132 valence electrons. The van der Waals surface area contributed by atoms with E-state index in [0.717, 1.165) is 36.0 Å². The highest BCUT2D eigenvalue weighted by atomic mass is 16.3. The Morgan fingerprint density at radius 2 is 1.65 bits per heavy atom. The van der Waals surface area contributed by atoms with Crippen molar-refractivity contribution < 1.29 is 5.11 Å². The molecule has 4 saturated carbocycles. The predicted molar refractivity (Wildman–Crippen MR) is 96.1 cm³/mol. The quantitative estimate of drug-likeness (QED) is 0.681. The van der Waals surface area contributed by atoms with E-state index in [9.17, 15) is 5.11 Å². The third-order valence-electron chi connectivity index (χ3n) is 9.41. The largest absolute Gasteiger partial charge is 0.393 e. The normalized spacial score (nSPS) is 54.0. The third-order valence-corrected chi connectivity index (χ3v) is 9.41. The van der Waals surface area contributed by atoms with E-state index in [1.165, 1.54) is 64.2 Å². The standard InChI is InChI=1S/C22H38O/c1-15(23)14-17-8-10-19-18-9-7-16-6-4-5-12-21(16,2)20(18)11-13-22(17,19)3/h15-20,23H,4-14H2,1-3H3/t15?,16?,17-,18+,19+,20+,21+,22-/m1/s1. The Kier molecular flexibility index (Phi) is 4.11. The van der Waals surface area contributed by atoms with Crippen LogP contribution in [0, 0.1) is 40.4 Å². The number of hydrogen-bond donors (Lipinski definition) is 1. The number of aliphatic hydroxyl groups excluding tert-OH is 1. The van der Waals surface area contributed by atoms with Crippen molar-refractivity contribution in [1.82, 2.24) is 0 Å². The first-order chi connectivity index (χ1) is 10.9. The first-order valence-electron chi connectivity index (χ1n) is 10.6. The van der Waals surface area contributed by atoms with Crippen LogP contribution in [-0.4, -0.2) is 11.2 Å². The van der Waals surface area contributed by atoms with Crippen molar-refractivity contribution in [3.8, 4) is 0 Å². The molecule has 2 unspecified atom stereocenters. The molecule has 0 aromatic heterocycles.